The topological polar surface area (TPSA) is 57.3 Å². The summed E-state index contributed by atoms with van der Waals surface area (Å²) in [6, 6.07) is 9.96. The molecule has 2 aliphatic rings. The van der Waals surface area contributed by atoms with E-state index in [0.29, 0.717) is 6.54 Å². The van der Waals surface area contributed by atoms with Crippen LogP contribution >= 0.6 is 0 Å². The molecule has 27 heavy (non-hydrogen) atoms. The molecule has 142 valence electrons. The number of likely N-dealkylation sites (tertiary alicyclic amines) is 1. The number of carbonyl (C=O) groups is 1. The molecule has 1 aromatic carbocycles. The fourth-order valence-corrected chi connectivity index (χ4v) is 4.45. The summed E-state index contributed by atoms with van der Waals surface area (Å²) in [5, 5.41) is 6.94. The van der Waals surface area contributed by atoms with Crippen molar-refractivity contribution >= 4 is 11.6 Å². The van der Waals surface area contributed by atoms with E-state index in [1.54, 1.807) is 6.20 Å². The van der Waals surface area contributed by atoms with Crippen molar-refractivity contribution in [1.29, 1.82) is 0 Å². The molecule has 1 atom stereocenters. The molecule has 2 aromatic rings. The van der Waals surface area contributed by atoms with Crippen molar-refractivity contribution in [3.63, 3.8) is 0 Å². The monoisotopic (exact) mass is 364 g/mol. The average Bonchev–Trinajstić information content (AvgIpc) is 3.15. The normalized spacial score (nSPS) is 22.2. The fourth-order valence-electron chi connectivity index (χ4n) is 4.45. The van der Waals surface area contributed by atoms with Gasteiger partial charge in [-0.1, -0.05) is 12.1 Å². The highest BCUT2D eigenvalue weighted by molar-refractivity contribution is 5.97. The van der Waals surface area contributed by atoms with Crippen molar-refractivity contribution in [2.75, 3.05) is 31.5 Å². The van der Waals surface area contributed by atoms with Gasteiger partial charge in [0.2, 0.25) is 0 Å². The number of hydrogen-bond donors (Lipinski definition) is 2. The Morgan fingerprint density at radius 3 is 3.00 bits per heavy atom. The maximum Gasteiger partial charge on any atom is 0.254 e. The first-order chi connectivity index (χ1) is 13.2. The molecule has 1 aromatic heterocycles. The van der Waals surface area contributed by atoms with Crippen molar-refractivity contribution in [1.82, 2.24) is 15.2 Å². The minimum absolute atomic E-state index is 0.170. The number of amides is 1. The Kier molecular flexibility index (Phi) is 5.12. The predicted octanol–water partition coefficient (Wildman–Crippen LogP) is 3.22. The molecule has 5 nitrogen and oxygen atoms in total. The van der Waals surface area contributed by atoms with Crippen LogP contribution in [0.25, 0.3) is 0 Å². The lowest BCUT2D eigenvalue weighted by molar-refractivity contribution is 0.0553. The molecule has 0 aliphatic carbocycles. The number of rotatable bonds is 4. The molecule has 5 heteroatoms. The van der Waals surface area contributed by atoms with Crippen LogP contribution in [0.4, 0.5) is 5.69 Å². The van der Waals surface area contributed by atoms with Gasteiger partial charge < -0.3 is 15.5 Å². The molecule has 2 fully saturated rings. The van der Waals surface area contributed by atoms with E-state index in [-0.39, 0.29) is 11.3 Å². The van der Waals surface area contributed by atoms with Gasteiger partial charge in [0.25, 0.3) is 5.91 Å². The molecular weight excluding hydrogens is 336 g/mol. The predicted molar refractivity (Wildman–Crippen MR) is 108 cm³/mol. The number of nitrogens with one attached hydrogen (secondary N) is 2. The Labute approximate surface area is 161 Å². The summed E-state index contributed by atoms with van der Waals surface area (Å²) in [7, 11) is 0. The average molecular weight is 364 g/mol. The van der Waals surface area contributed by atoms with E-state index in [4.69, 9.17) is 0 Å². The van der Waals surface area contributed by atoms with E-state index in [0.717, 1.165) is 55.0 Å². The van der Waals surface area contributed by atoms with Gasteiger partial charge in [0.05, 0.1) is 0 Å². The molecule has 0 saturated carbocycles. The van der Waals surface area contributed by atoms with Crippen molar-refractivity contribution in [3.8, 4) is 0 Å². The number of anilines is 1. The van der Waals surface area contributed by atoms with E-state index in [2.05, 4.69) is 20.5 Å². The van der Waals surface area contributed by atoms with Gasteiger partial charge in [-0.2, -0.15) is 0 Å². The third-order valence-corrected chi connectivity index (χ3v) is 6.05. The highest BCUT2D eigenvalue weighted by atomic mass is 16.2. The largest absolute Gasteiger partial charge is 0.381 e. The first-order valence-corrected chi connectivity index (χ1v) is 9.89. The van der Waals surface area contributed by atoms with Gasteiger partial charge >= 0.3 is 0 Å². The Morgan fingerprint density at radius 2 is 2.22 bits per heavy atom. The molecule has 1 amide bonds. The van der Waals surface area contributed by atoms with Crippen LogP contribution in [0.1, 0.15) is 40.7 Å². The molecule has 1 spiro atoms. The van der Waals surface area contributed by atoms with E-state index in [1.165, 1.54) is 12.8 Å². The van der Waals surface area contributed by atoms with Crippen LogP contribution in [0.3, 0.4) is 0 Å². The highest BCUT2D eigenvalue weighted by Crippen LogP contribution is 2.36. The van der Waals surface area contributed by atoms with Gasteiger partial charge in [-0.15, -0.1) is 0 Å². The number of benzene rings is 1. The molecule has 2 N–H and O–H groups in total. The van der Waals surface area contributed by atoms with E-state index < -0.39 is 0 Å². The Hall–Kier alpha value is -2.40. The van der Waals surface area contributed by atoms with Gasteiger partial charge in [0.15, 0.2) is 0 Å². The minimum atomic E-state index is 0.170. The second-order valence-electron chi connectivity index (χ2n) is 7.95. The molecule has 0 radical (unpaired) electrons. The number of nitrogens with zero attached hydrogens (tertiary/aromatic N) is 2. The summed E-state index contributed by atoms with van der Waals surface area (Å²) < 4.78 is 0. The van der Waals surface area contributed by atoms with Crippen molar-refractivity contribution < 1.29 is 4.79 Å². The van der Waals surface area contributed by atoms with Crippen LogP contribution in [-0.4, -0.2) is 42.0 Å². The van der Waals surface area contributed by atoms with Crippen LogP contribution in [0.5, 0.6) is 0 Å². The summed E-state index contributed by atoms with van der Waals surface area (Å²) >= 11 is 0. The Bertz CT molecular complexity index is 799. The van der Waals surface area contributed by atoms with Gasteiger partial charge in [0, 0.05) is 55.2 Å². The third kappa shape index (κ3) is 3.83. The quantitative estimate of drug-likeness (QED) is 0.875. The number of aromatic nitrogens is 1. The summed E-state index contributed by atoms with van der Waals surface area (Å²) in [5.74, 6) is 0.170. The van der Waals surface area contributed by atoms with Crippen molar-refractivity contribution in [2.24, 2.45) is 5.41 Å². The number of pyridine rings is 1. The lowest BCUT2D eigenvalue weighted by Gasteiger charge is -2.40. The van der Waals surface area contributed by atoms with Gasteiger partial charge in [0.1, 0.15) is 0 Å². The first kappa shape index (κ1) is 18.0. The van der Waals surface area contributed by atoms with Crippen molar-refractivity contribution in [2.45, 2.75) is 32.7 Å². The Balaban J connectivity index is 1.49. The van der Waals surface area contributed by atoms with Gasteiger partial charge in [-0.25, -0.2) is 0 Å². The second kappa shape index (κ2) is 7.69. The van der Waals surface area contributed by atoms with Crippen LogP contribution in [-0.2, 0) is 6.54 Å². The molecule has 2 aliphatic heterocycles. The summed E-state index contributed by atoms with van der Waals surface area (Å²) in [6.07, 6.45) is 7.16. The summed E-state index contributed by atoms with van der Waals surface area (Å²) in [5.41, 5.74) is 4.27. The lowest BCUT2D eigenvalue weighted by atomic mass is 9.79. The summed E-state index contributed by atoms with van der Waals surface area (Å²) in [6.45, 7) is 6.61. The van der Waals surface area contributed by atoms with E-state index in [9.17, 15) is 4.79 Å². The lowest BCUT2D eigenvalue weighted by Crippen LogP contribution is -2.47. The third-order valence-electron chi connectivity index (χ3n) is 6.05. The van der Waals surface area contributed by atoms with E-state index >= 15 is 0 Å². The number of hydrogen-bond acceptors (Lipinski definition) is 4. The fraction of sp³-hybridized carbons (Fsp3) is 0.455. The maximum atomic E-state index is 13.3. The van der Waals surface area contributed by atoms with Crippen molar-refractivity contribution in [3.05, 3.63) is 59.4 Å². The zero-order chi connectivity index (χ0) is 18.7. The smallest absolute Gasteiger partial charge is 0.254 e. The van der Waals surface area contributed by atoms with Gasteiger partial charge in [-0.3, -0.25) is 9.78 Å². The first-order valence-electron chi connectivity index (χ1n) is 9.89. The molecule has 4 rings (SSSR count). The molecule has 0 unspecified atom stereocenters. The van der Waals surface area contributed by atoms with Crippen LogP contribution < -0.4 is 10.6 Å². The molecular formula is C22H28N4O. The summed E-state index contributed by atoms with van der Waals surface area (Å²) in [4.78, 5) is 19.5. The zero-order valence-electron chi connectivity index (χ0n) is 16.0. The number of piperidine rings is 1. The zero-order valence-corrected chi connectivity index (χ0v) is 16.0. The van der Waals surface area contributed by atoms with Crippen LogP contribution in [0.2, 0.25) is 0 Å². The highest BCUT2D eigenvalue weighted by Gasteiger charge is 2.39. The molecule has 2 saturated heterocycles. The molecule has 0 bridgehead atoms. The number of carbonyl (C=O) groups excluding carboxylic acids is 1. The SMILES string of the molecule is Cc1c(NCc2cccnc2)cccc1C(=O)N1CCC[C@@]2(CCNC2)C1. The van der Waals surface area contributed by atoms with E-state index in [1.807, 2.05) is 43.5 Å². The van der Waals surface area contributed by atoms with Gasteiger partial charge in [-0.05, 0) is 62.1 Å². The standard InChI is InChI=1S/C22H28N4O/c1-17-19(6-2-7-20(17)25-14-18-5-3-10-23-13-18)21(27)26-12-4-8-22(16-26)9-11-24-15-22/h2-3,5-7,10,13,24-25H,4,8-9,11-12,14-16H2,1H3/t22-/m0/s1. The molecule has 3 heterocycles. The minimum Gasteiger partial charge on any atom is -0.381 e. The van der Waals surface area contributed by atoms with Crippen LogP contribution in [0.15, 0.2) is 42.7 Å². The van der Waals surface area contributed by atoms with Crippen LogP contribution in [0, 0.1) is 12.3 Å². The Morgan fingerprint density at radius 1 is 1.30 bits per heavy atom. The maximum absolute atomic E-state index is 13.3. The second-order valence-corrected chi connectivity index (χ2v) is 7.95.